The summed E-state index contributed by atoms with van der Waals surface area (Å²) in [5, 5.41) is 14.4. The molecule has 0 radical (unpaired) electrons. The van der Waals surface area contributed by atoms with Gasteiger partial charge in [-0.3, -0.25) is 4.79 Å². The number of piperidine rings is 1. The van der Waals surface area contributed by atoms with Crippen LogP contribution in [0.5, 0.6) is 0 Å². The normalized spacial score (nSPS) is 19.2. The summed E-state index contributed by atoms with van der Waals surface area (Å²) in [6.45, 7) is 3.18. The van der Waals surface area contributed by atoms with Crippen molar-refractivity contribution < 1.29 is 9.53 Å². The van der Waals surface area contributed by atoms with Gasteiger partial charge in [0.05, 0.1) is 18.3 Å². The molecule has 1 atom stereocenters. The summed E-state index contributed by atoms with van der Waals surface area (Å²) in [6.07, 6.45) is 8.16. The molecule has 1 aromatic heterocycles. The molecule has 1 aromatic carbocycles. The van der Waals surface area contributed by atoms with Gasteiger partial charge in [0.1, 0.15) is 0 Å². The van der Waals surface area contributed by atoms with Crippen LogP contribution in [0, 0.1) is 0 Å². The Bertz CT molecular complexity index is 791. The van der Waals surface area contributed by atoms with Crippen LogP contribution < -0.4 is 10.6 Å². The average molecular weight is 420 g/mol. The van der Waals surface area contributed by atoms with Gasteiger partial charge in [-0.1, -0.05) is 29.5 Å². The van der Waals surface area contributed by atoms with Crippen molar-refractivity contribution in [1.29, 1.82) is 0 Å². The zero-order chi connectivity index (χ0) is 19.2. The molecule has 1 aliphatic heterocycles. The van der Waals surface area contributed by atoms with Gasteiger partial charge in [-0.2, -0.15) is 0 Å². The maximum atomic E-state index is 12.3. The second-order valence-corrected chi connectivity index (χ2v) is 7.62. The average Bonchev–Trinajstić information content (AvgIpc) is 3.25. The number of hydrogen-bond acceptors (Lipinski definition) is 5. The van der Waals surface area contributed by atoms with Crippen LogP contribution in [0.3, 0.4) is 0 Å². The molecule has 0 spiro atoms. The minimum atomic E-state index is -0.164. The molecule has 1 fully saturated rings. The molecule has 2 aliphatic rings. The van der Waals surface area contributed by atoms with Gasteiger partial charge in [0.2, 0.25) is 0 Å². The molecular weight excluding hydrogens is 390 g/mol. The fourth-order valence-electron chi connectivity index (χ4n) is 4.10. The standard InChI is InChI=1S/C21H29N5O2.ClH/c27-21(19-15-26(25-24-19)17-9-12-22-13-10-17)23-11-4-14-28-20-8-3-6-16-5-1-2-7-18(16)20;/h1-2,5,7,15,17,20,22H,3-4,6,8-14H2,(H,23,27);1H. The SMILES string of the molecule is Cl.O=C(NCCCOC1CCCc2ccccc21)c1cn(C2CCNCC2)nn1. The molecule has 2 aromatic rings. The molecular formula is C21H30ClN5O2. The molecule has 0 bridgehead atoms. The van der Waals surface area contributed by atoms with E-state index in [4.69, 9.17) is 4.74 Å². The van der Waals surface area contributed by atoms with Gasteiger partial charge in [0.25, 0.3) is 5.91 Å². The minimum Gasteiger partial charge on any atom is -0.373 e. The Morgan fingerprint density at radius 1 is 1.24 bits per heavy atom. The molecule has 8 heteroatoms. The molecule has 2 N–H and O–H groups in total. The largest absolute Gasteiger partial charge is 0.373 e. The van der Waals surface area contributed by atoms with Gasteiger partial charge in [-0.15, -0.1) is 17.5 Å². The molecule has 29 heavy (non-hydrogen) atoms. The van der Waals surface area contributed by atoms with E-state index in [0.717, 1.165) is 45.2 Å². The lowest BCUT2D eigenvalue weighted by Gasteiger charge is -2.25. The Morgan fingerprint density at radius 3 is 2.93 bits per heavy atom. The van der Waals surface area contributed by atoms with Gasteiger partial charge >= 0.3 is 0 Å². The van der Waals surface area contributed by atoms with Crippen LogP contribution in [0.1, 0.15) is 65.9 Å². The number of carbonyl (C=O) groups is 1. The van der Waals surface area contributed by atoms with Gasteiger partial charge < -0.3 is 15.4 Å². The number of carbonyl (C=O) groups excluding carboxylic acids is 1. The summed E-state index contributed by atoms with van der Waals surface area (Å²) < 4.78 is 7.92. The first-order chi connectivity index (χ1) is 13.8. The third-order valence-electron chi connectivity index (χ3n) is 5.67. The van der Waals surface area contributed by atoms with E-state index in [9.17, 15) is 4.79 Å². The van der Waals surface area contributed by atoms with Crippen LogP contribution in [0.25, 0.3) is 0 Å². The van der Waals surface area contributed by atoms with E-state index in [-0.39, 0.29) is 24.4 Å². The van der Waals surface area contributed by atoms with Crippen molar-refractivity contribution in [2.24, 2.45) is 0 Å². The van der Waals surface area contributed by atoms with Crippen LogP contribution in [0.15, 0.2) is 30.5 Å². The number of nitrogens with one attached hydrogen (secondary N) is 2. The second kappa shape index (κ2) is 10.7. The van der Waals surface area contributed by atoms with E-state index < -0.39 is 0 Å². The quantitative estimate of drug-likeness (QED) is 0.674. The third-order valence-corrected chi connectivity index (χ3v) is 5.67. The van der Waals surface area contributed by atoms with Crippen molar-refractivity contribution in [2.45, 2.75) is 50.7 Å². The zero-order valence-electron chi connectivity index (χ0n) is 16.7. The Hall–Kier alpha value is -1.96. The first-order valence-corrected chi connectivity index (χ1v) is 10.4. The van der Waals surface area contributed by atoms with Crippen LogP contribution in [0.2, 0.25) is 0 Å². The van der Waals surface area contributed by atoms with Crippen LogP contribution in [-0.4, -0.2) is 47.1 Å². The molecule has 7 nitrogen and oxygen atoms in total. The van der Waals surface area contributed by atoms with E-state index in [1.54, 1.807) is 6.20 Å². The van der Waals surface area contributed by atoms with E-state index in [1.165, 1.54) is 17.5 Å². The summed E-state index contributed by atoms with van der Waals surface area (Å²) in [6, 6.07) is 8.88. The van der Waals surface area contributed by atoms with E-state index in [2.05, 4.69) is 45.2 Å². The highest BCUT2D eigenvalue weighted by atomic mass is 35.5. The summed E-state index contributed by atoms with van der Waals surface area (Å²) >= 11 is 0. The van der Waals surface area contributed by atoms with E-state index >= 15 is 0 Å². The monoisotopic (exact) mass is 419 g/mol. The Morgan fingerprint density at radius 2 is 2.07 bits per heavy atom. The van der Waals surface area contributed by atoms with Crippen molar-refractivity contribution in [3.8, 4) is 0 Å². The van der Waals surface area contributed by atoms with Gasteiger partial charge in [0, 0.05) is 13.2 Å². The molecule has 1 aliphatic carbocycles. The van der Waals surface area contributed by atoms with Crippen LogP contribution in [-0.2, 0) is 11.2 Å². The topological polar surface area (TPSA) is 81.1 Å². The van der Waals surface area contributed by atoms with Gasteiger partial charge in [0.15, 0.2) is 5.69 Å². The van der Waals surface area contributed by atoms with Crippen molar-refractivity contribution in [2.75, 3.05) is 26.2 Å². The van der Waals surface area contributed by atoms with Crippen molar-refractivity contribution >= 4 is 18.3 Å². The third kappa shape index (κ3) is 5.56. The lowest BCUT2D eigenvalue weighted by molar-refractivity contribution is 0.0393. The molecule has 1 amide bonds. The first-order valence-electron chi connectivity index (χ1n) is 10.4. The summed E-state index contributed by atoms with van der Waals surface area (Å²) in [5.41, 5.74) is 3.12. The maximum absolute atomic E-state index is 12.3. The number of hydrogen-bond donors (Lipinski definition) is 2. The number of halogens is 1. The molecule has 1 saturated heterocycles. The zero-order valence-corrected chi connectivity index (χ0v) is 17.5. The molecule has 0 saturated carbocycles. The second-order valence-electron chi connectivity index (χ2n) is 7.62. The number of rotatable bonds is 7. The van der Waals surface area contributed by atoms with Crippen LogP contribution in [0.4, 0.5) is 0 Å². The fraction of sp³-hybridized carbons (Fsp3) is 0.571. The summed E-state index contributed by atoms with van der Waals surface area (Å²) in [4.78, 5) is 12.3. The number of ether oxygens (including phenoxy) is 1. The lowest BCUT2D eigenvalue weighted by atomic mass is 9.89. The summed E-state index contributed by atoms with van der Waals surface area (Å²) in [7, 11) is 0. The Balaban J connectivity index is 0.00000240. The highest BCUT2D eigenvalue weighted by Crippen LogP contribution is 2.32. The number of amides is 1. The molecule has 1 unspecified atom stereocenters. The van der Waals surface area contributed by atoms with Gasteiger partial charge in [-0.05, 0) is 62.7 Å². The molecule has 4 rings (SSSR count). The molecule has 158 valence electrons. The first kappa shape index (κ1) is 21.7. The fourth-order valence-corrected chi connectivity index (χ4v) is 4.10. The predicted octanol–water partition coefficient (Wildman–Crippen LogP) is 2.84. The Kier molecular flexibility index (Phi) is 8.03. The van der Waals surface area contributed by atoms with Gasteiger partial charge in [-0.25, -0.2) is 4.68 Å². The highest BCUT2D eigenvalue weighted by molar-refractivity contribution is 5.91. The number of aromatic nitrogens is 3. The van der Waals surface area contributed by atoms with Crippen LogP contribution >= 0.6 is 12.4 Å². The van der Waals surface area contributed by atoms with Crippen molar-refractivity contribution in [3.63, 3.8) is 0 Å². The Labute approximate surface area is 178 Å². The summed E-state index contributed by atoms with van der Waals surface area (Å²) in [5.74, 6) is -0.164. The minimum absolute atomic E-state index is 0. The van der Waals surface area contributed by atoms with E-state index in [1.807, 2.05) is 4.68 Å². The number of aryl methyl sites for hydroxylation is 1. The number of benzene rings is 1. The maximum Gasteiger partial charge on any atom is 0.273 e. The smallest absolute Gasteiger partial charge is 0.273 e. The lowest BCUT2D eigenvalue weighted by Crippen LogP contribution is -2.29. The van der Waals surface area contributed by atoms with Crippen molar-refractivity contribution in [3.05, 3.63) is 47.3 Å². The number of nitrogens with zero attached hydrogens (tertiary/aromatic N) is 3. The number of fused-ring (bicyclic) bond motifs is 1. The highest BCUT2D eigenvalue weighted by Gasteiger charge is 2.20. The van der Waals surface area contributed by atoms with E-state index in [0.29, 0.717) is 24.9 Å². The molecule has 2 heterocycles. The van der Waals surface area contributed by atoms with Crippen molar-refractivity contribution in [1.82, 2.24) is 25.6 Å². The predicted molar refractivity (Wildman–Crippen MR) is 113 cm³/mol.